The number of nitrogens with zero attached hydrogens (tertiary/aromatic N) is 1. The molecule has 7 rings (SSSR count). The Morgan fingerprint density at radius 1 is 0.552 bits per heavy atom. The SMILES string of the molecule is c1ccc(-c2cccc3c2oc2c3cc3ccc4cccc5ccc2c3c45)nc1. The van der Waals surface area contributed by atoms with Crippen LogP contribution in [-0.2, 0) is 0 Å². The summed E-state index contributed by atoms with van der Waals surface area (Å²) in [5.41, 5.74) is 3.81. The van der Waals surface area contributed by atoms with Gasteiger partial charge in [0.2, 0.25) is 0 Å². The predicted molar refractivity (Wildman–Crippen MR) is 121 cm³/mol. The molecule has 7 aromatic rings. The summed E-state index contributed by atoms with van der Waals surface area (Å²) in [6.45, 7) is 0. The minimum absolute atomic E-state index is 0.899. The molecule has 0 atom stereocenters. The van der Waals surface area contributed by atoms with Gasteiger partial charge in [0, 0.05) is 33.3 Å². The van der Waals surface area contributed by atoms with Crippen molar-refractivity contribution in [1.82, 2.24) is 4.98 Å². The molecule has 134 valence electrons. The summed E-state index contributed by atoms with van der Waals surface area (Å²) in [5.74, 6) is 0. The van der Waals surface area contributed by atoms with Crippen LogP contribution in [0.25, 0.3) is 65.5 Å². The van der Waals surface area contributed by atoms with E-state index in [4.69, 9.17) is 4.42 Å². The van der Waals surface area contributed by atoms with Crippen LogP contribution in [0.5, 0.6) is 0 Å². The van der Waals surface area contributed by atoms with Crippen molar-refractivity contribution < 1.29 is 4.42 Å². The van der Waals surface area contributed by atoms with Crippen LogP contribution in [-0.4, -0.2) is 4.98 Å². The van der Waals surface area contributed by atoms with Gasteiger partial charge in [0.05, 0.1) is 5.69 Å². The molecule has 0 N–H and O–H groups in total. The second-order valence-electron chi connectivity index (χ2n) is 7.61. The molecule has 0 spiro atoms. The van der Waals surface area contributed by atoms with Crippen LogP contribution in [0.3, 0.4) is 0 Å². The molecule has 0 aliphatic heterocycles. The quantitative estimate of drug-likeness (QED) is 0.279. The van der Waals surface area contributed by atoms with Crippen LogP contribution >= 0.6 is 0 Å². The van der Waals surface area contributed by atoms with Crippen LogP contribution in [0.1, 0.15) is 0 Å². The lowest BCUT2D eigenvalue weighted by Gasteiger charge is -2.10. The Morgan fingerprint density at radius 3 is 2.24 bits per heavy atom. The number of furan rings is 1. The smallest absolute Gasteiger partial charge is 0.144 e. The number of para-hydroxylation sites is 1. The summed E-state index contributed by atoms with van der Waals surface area (Å²) < 4.78 is 6.56. The molecule has 2 heterocycles. The molecule has 0 aliphatic rings. The number of benzene rings is 5. The lowest BCUT2D eigenvalue weighted by molar-refractivity contribution is 0.673. The van der Waals surface area contributed by atoms with E-state index in [1.54, 1.807) is 0 Å². The first kappa shape index (κ1) is 15.1. The Kier molecular flexibility index (Phi) is 2.77. The van der Waals surface area contributed by atoms with Crippen molar-refractivity contribution in [3.63, 3.8) is 0 Å². The van der Waals surface area contributed by atoms with Crippen molar-refractivity contribution in [2.24, 2.45) is 0 Å². The van der Waals surface area contributed by atoms with Crippen LogP contribution in [0.4, 0.5) is 0 Å². The van der Waals surface area contributed by atoms with E-state index in [1.807, 2.05) is 24.4 Å². The van der Waals surface area contributed by atoms with Gasteiger partial charge in [-0.3, -0.25) is 4.98 Å². The maximum Gasteiger partial charge on any atom is 0.144 e. The molecule has 0 saturated heterocycles. The maximum atomic E-state index is 6.56. The molecule has 2 nitrogen and oxygen atoms in total. The topological polar surface area (TPSA) is 26.0 Å². The fraction of sp³-hybridized carbons (Fsp3) is 0. The Hall–Kier alpha value is -3.91. The minimum Gasteiger partial charge on any atom is -0.455 e. The number of aromatic nitrogens is 1. The largest absolute Gasteiger partial charge is 0.455 e. The molecule has 0 aliphatic carbocycles. The van der Waals surface area contributed by atoms with Crippen molar-refractivity contribution >= 4 is 54.3 Å². The van der Waals surface area contributed by atoms with Crippen LogP contribution in [0.15, 0.2) is 95.5 Å². The third-order valence-corrected chi connectivity index (χ3v) is 6.05. The highest BCUT2D eigenvalue weighted by atomic mass is 16.3. The van der Waals surface area contributed by atoms with E-state index in [9.17, 15) is 0 Å². The van der Waals surface area contributed by atoms with Crippen LogP contribution in [0.2, 0.25) is 0 Å². The Labute approximate surface area is 166 Å². The second kappa shape index (κ2) is 5.33. The molecule has 2 heteroatoms. The van der Waals surface area contributed by atoms with Gasteiger partial charge in [0.1, 0.15) is 11.2 Å². The van der Waals surface area contributed by atoms with Gasteiger partial charge in [0.15, 0.2) is 0 Å². The lowest BCUT2D eigenvalue weighted by atomic mass is 9.93. The van der Waals surface area contributed by atoms with Gasteiger partial charge in [-0.05, 0) is 51.9 Å². The highest BCUT2D eigenvalue weighted by Gasteiger charge is 2.17. The molecule has 0 saturated carbocycles. The van der Waals surface area contributed by atoms with Gasteiger partial charge in [-0.2, -0.15) is 0 Å². The van der Waals surface area contributed by atoms with E-state index >= 15 is 0 Å². The lowest BCUT2D eigenvalue weighted by Crippen LogP contribution is -1.83. The molecule has 0 unspecified atom stereocenters. The Bertz CT molecular complexity index is 1680. The van der Waals surface area contributed by atoms with Crippen molar-refractivity contribution in [3.8, 4) is 11.3 Å². The summed E-state index contributed by atoms with van der Waals surface area (Å²) >= 11 is 0. The first-order valence-electron chi connectivity index (χ1n) is 9.82. The summed E-state index contributed by atoms with van der Waals surface area (Å²) in [4.78, 5) is 4.54. The van der Waals surface area contributed by atoms with Crippen molar-refractivity contribution in [3.05, 3.63) is 91.1 Å². The fourth-order valence-corrected chi connectivity index (χ4v) is 4.78. The molecular formula is C27H15NO. The van der Waals surface area contributed by atoms with E-state index < -0.39 is 0 Å². The zero-order valence-corrected chi connectivity index (χ0v) is 15.5. The van der Waals surface area contributed by atoms with Gasteiger partial charge in [-0.25, -0.2) is 0 Å². The number of hydrogen-bond donors (Lipinski definition) is 0. The average molecular weight is 369 g/mol. The van der Waals surface area contributed by atoms with Crippen molar-refractivity contribution in [1.29, 1.82) is 0 Å². The molecule has 0 amide bonds. The number of hydrogen-bond acceptors (Lipinski definition) is 2. The van der Waals surface area contributed by atoms with Gasteiger partial charge >= 0.3 is 0 Å². The highest BCUT2D eigenvalue weighted by molar-refractivity contribution is 6.30. The average Bonchev–Trinajstić information content (AvgIpc) is 3.16. The normalized spacial score (nSPS) is 12.1. The van der Waals surface area contributed by atoms with Gasteiger partial charge < -0.3 is 4.42 Å². The Balaban J connectivity index is 1.71. The third kappa shape index (κ3) is 1.93. The van der Waals surface area contributed by atoms with Gasteiger partial charge in [0.25, 0.3) is 0 Å². The van der Waals surface area contributed by atoms with Crippen LogP contribution in [0, 0.1) is 0 Å². The monoisotopic (exact) mass is 369 g/mol. The summed E-state index contributed by atoms with van der Waals surface area (Å²) in [6.07, 6.45) is 1.82. The van der Waals surface area contributed by atoms with Gasteiger partial charge in [-0.15, -0.1) is 0 Å². The van der Waals surface area contributed by atoms with E-state index in [0.29, 0.717) is 0 Å². The van der Waals surface area contributed by atoms with E-state index in [2.05, 4.69) is 71.7 Å². The van der Waals surface area contributed by atoms with E-state index in [-0.39, 0.29) is 0 Å². The summed E-state index contributed by atoms with van der Waals surface area (Å²) in [6, 6.07) is 29.9. The van der Waals surface area contributed by atoms with Crippen LogP contribution < -0.4 is 0 Å². The molecular weight excluding hydrogens is 354 g/mol. The first-order valence-corrected chi connectivity index (χ1v) is 9.82. The molecule has 5 aromatic carbocycles. The minimum atomic E-state index is 0.899. The standard InChI is InChI=1S/C27H15NO/c1-2-14-28-23(9-1)20-8-4-7-19-22-15-18-11-10-16-5-3-6-17-12-13-21(25(18)24(16)17)27(22)29-26(19)20/h1-15H. The zero-order valence-electron chi connectivity index (χ0n) is 15.5. The zero-order chi connectivity index (χ0) is 18.9. The van der Waals surface area contributed by atoms with E-state index in [0.717, 1.165) is 33.2 Å². The molecule has 2 aromatic heterocycles. The number of rotatable bonds is 1. The third-order valence-electron chi connectivity index (χ3n) is 6.05. The molecule has 0 radical (unpaired) electrons. The Morgan fingerprint density at radius 2 is 1.38 bits per heavy atom. The number of fused-ring (bicyclic) bond motifs is 4. The molecule has 0 fully saturated rings. The maximum absolute atomic E-state index is 6.56. The number of pyridine rings is 1. The second-order valence-corrected chi connectivity index (χ2v) is 7.61. The predicted octanol–water partition coefficient (Wildman–Crippen LogP) is 7.55. The molecule has 29 heavy (non-hydrogen) atoms. The van der Waals surface area contributed by atoms with Crippen molar-refractivity contribution in [2.75, 3.05) is 0 Å². The first-order chi connectivity index (χ1) is 14.4. The highest BCUT2D eigenvalue weighted by Crippen LogP contribution is 2.43. The summed E-state index contributed by atoms with van der Waals surface area (Å²) in [5, 5.41) is 9.85. The summed E-state index contributed by atoms with van der Waals surface area (Å²) in [7, 11) is 0. The van der Waals surface area contributed by atoms with E-state index in [1.165, 1.54) is 32.3 Å². The van der Waals surface area contributed by atoms with Crippen molar-refractivity contribution in [2.45, 2.75) is 0 Å². The van der Waals surface area contributed by atoms with Gasteiger partial charge in [-0.1, -0.05) is 54.6 Å². The molecule has 0 bridgehead atoms. The fourth-order valence-electron chi connectivity index (χ4n) is 4.78.